The van der Waals surface area contributed by atoms with Gasteiger partial charge in [-0.25, -0.2) is 0 Å². The molecule has 0 bridgehead atoms. The number of hydrogen-bond acceptors (Lipinski definition) is 4. The van der Waals surface area contributed by atoms with Gasteiger partial charge in [-0.05, 0) is 73.6 Å². The zero-order valence-corrected chi connectivity index (χ0v) is 17.5. The van der Waals surface area contributed by atoms with Gasteiger partial charge in [-0.1, -0.05) is 12.1 Å². The summed E-state index contributed by atoms with van der Waals surface area (Å²) < 4.78 is 11.3. The van der Waals surface area contributed by atoms with Crippen molar-refractivity contribution in [1.82, 2.24) is 10.6 Å². The molecule has 0 unspecified atom stereocenters. The number of carbonyl (C=O) groups excluding carboxylic acids is 2. The lowest BCUT2D eigenvalue weighted by atomic mass is 9.93. The second kappa shape index (κ2) is 8.88. The van der Waals surface area contributed by atoms with E-state index in [1.807, 2.05) is 37.3 Å². The van der Waals surface area contributed by atoms with Crippen LogP contribution < -0.4 is 15.4 Å². The van der Waals surface area contributed by atoms with E-state index in [0.717, 1.165) is 41.7 Å². The van der Waals surface area contributed by atoms with E-state index in [2.05, 4.69) is 17.6 Å². The third-order valence-corrected chi connectivity index (χ3v) is 5.95. The summed E-state index contributed by atoms with van der Waals surface area (Å²) in [6, 6.07) is 9.57. The minimum atomic E-state index is -0.0925. The average molecular weight is 408 g/mol. The molecule has 6 nitrogen and oxygen atoms in total. The lowest BCUT2D eigenvalue weighted by Crippen LogP contribution is -2.31. The molecule has 1 saturated heterocycles. The first kappa shape index (κ1) is 20.4. The number of fused-ring (bicyclic) bond motifs is 1. The van der Waals surface area contributed by atoms with Gasteiger partial charge in [-0.2, -0.15) is 0 Å². The number of benzene rings is 2. The molecule has 158 valence electrons. The Morgan fingerprint density at radius 1 is 1.17 bits per heavy atom. The molecule has 1 fully saturated rings. The number of amides is 2. The molecular weight excluding hydrogens is 380 g/mol. The highest BCUT2D eigenvalue weighted by molar-refractivity contribution is 5.98. The van der Waals surface area contributed by atoms with Crippen LogP contribution in [0, 0.1) is 13.8 Å². The molecule has 0 saturated carbocycles. The van der Waals surface area contributed by atoms with Crippen LogP contribution >= 0.6 is 0 Å². The molecule has 2 heterocycles. The lowest BCUT2D eigenvalue weighted by molar-refractivity contribution is 0.0857. The molecule has 1 atom stereocenters. The highest BCUT2D eigenvalue weighted by Crippen LogP contribution is 2.31. The Morgan fingerprint density at radius 3 is 2.70 bits per heavy atom. The van der Waals surface area contributed by atoms with Gasteiger partial charge in [-0.15, -0.1) is 0 Å². The zero-order valence-electron chi connectivity index (χ0n) is 17.5. The fraction of sp³-hybridized carbons (Fsp3) is 0.417. The van der Waals surface area contributed by atoms with Gasteiger partial charge in [0.2, 0.25) is 0 Å². The van der Waals surface area contributed by atoms with Gasteiger partial charge >= 0.3 is 0 Å². The van der Waals surface area contributed by atoms with E-state index >= 15 is 0 Å². The van der Waals surface area contributed by atoms with Crippen LogP contribution in [0.15, 0.2) is 30.3 Å². The SMILES string of the molecule is Cc1c(Cc2ccc(C(=O)NC[C@@H]3CCCO3)cc2)cc2c(c1C)OCCNC2=O. The van der Waals surface area contributed by atoms with Gasteiger partial charge in [0.05, 0.1) is 18.2 Å². The van der Waals surface area contributed by atoms with Crippen molar-refractivity contribution >= 4 is 11.8 Å². The predicted octanol–water partition coefficient (Wildman–Crippen LogP) is 2.93. The smallest absolute Gasteiger partial charge is 0.255 e. The van der Waals surface area contributed by atoms with Gasteiger partial charge in [0, 0.05) is 18.7 Å². The van der Waals surface area contributed by atoms with Crippen LogP contribution in [0.25, 0.3) is 0 Å². The fourth-order valence-electron chi connectivity index (χ4n) is 4.02. The van der Waals surface area contributed by atoms with Crippen LogP contribution in [0.1, 0.15) is 55.8 Å². The Hall–Kier alpha value is -2.86. The first-order chi connectivity index (χ1) is 14.5. The molecule has 2 aliphatic heterocycles. The molecule has 2 N–H and O–H groups in total. The van der Waals surface area contributed by atoms with E-state index in [-0.39, 0.29) is 17.9 Å². The van der Waals surface area contributed by atoms with Crippen molar-refractivity contribution in [3.8, 4) is 5.75 Å². The third kappa shape index (κ3) is 4.33. The Kier molecular flexibility index (Phi) is 6.04. The van der Waals surface area contributed by atoms with E-state index < -0.39 is 0 Å². The Labute approximate surface area is 177 Å². The maximum Gasteiger partial charge on any atom is 0.255 e. The standard InChI is InChI=1S/C24H28N2O4/c1-15-16(2)22-21(24(28)25-9-11-30-22)13-19(15)12-17-5-7-18(8-6-17)23(27)26-14-20-4-3-10-29-20/h5-8,13,20H,3-4,9-12,14H2,1-2H3,(H,25,28)(H,26,27)/t20-/m0/s1. The Bertz CT molecular complexity index is 947. The van der Waals surface area contributed by atoms with Gasteiger partial charge in [-0.3, -0.25) is 9.59 Å². The van der Waals surface area contributed by atoms with E-state index in [9.17, 15) is 9.59 Å². The summed E-state index contributed by atoms with van der Waals surface area (Å²) in [5.74, 6) is 0.512. The number of nitrogens with one attached hydrogen (secondary N) is 2. The van der Waals surface area contributed by atoms with Crippen LogP contribution in [0.4, 0.5) is 0 Å². The predicted molar refractivity (Wildman–Crippen MR) is 114 cm³/mol. The van der Waals surface area contributed by atoms with Crippen molar-refractivity contribution in [3.63, 3.8) is 0 Å². The van der Waals surface area contributed by atoms with Crippen LogP contribution in [0.3, 0.4) is 0 Å². The molecular formula is C24H28N2O4. The van der Waals surface area contributed by atoms with Crippen molar-refractivity contribution in [3.05, 3.63) is 63.7 Å². The summed E-state index contributed by atoms with van der Waals surface area (Å²) in [6.45, 7) is 6.39. The van der Waals surface area contributed by atoms with Crippen molar-refractivity contribution in [2.45, 2.75) is 39.2 Å². The monoisotopic (exact) mass is 408 g/mol. The van der Waals surface area contributed by atoms with Crippen LogP contribution in [0.2, 0.25) is 0 Å². The number of ether oxygens (including phenoxy) is 2. The first-order valence-corrected chi connectivity index (χ1v) is 10.6. The van der Waals surface area contributed by atoms with E-state index in [0.29, 0.717) is 43.0 Å². The summed E-state index contributed by atoms with van der Waals surface area (Å²) in [5.41, 5.74) is 5.53. The van der Waals surface area contributed by atoms with Gasteiger partial charge in [0.1, 0.15) is 12.4 Å². The number of rotatable bonds is 5. The molecule has 30 heavy (non-hydrogen) atoms. The molecule has 6 heteroatoms. The number of carbonyl (C=O) groups is 2. The largest absolute Gasteiger partial charge is 0.491 e. The lowest BCUT2D eigenvalue weighted by Gasteiger charge is -2.16. The van der Waals surface area contributed by atoms with E-state index in [1.165, 1.54) is 0 Å². The van der Waals surface area contributed by atoms with Crippen LogP contribution in [-0.4, -0.2) is 44.2 Å². The molecule has 0 aliphatic carbocycles. The second-order valence-electron chi connectivity index (χ2n) is 7.99. The molecule has 0 spiro atoms. The molecule has 0 aromatic heterocycles. The zero-order chi connectivity index (χ0) is 21.1. The second-order valence-corrected chi connectivity index (χ2v) is 7.99. The Morgan fingerprint density at radius 2 is 1.97 bits per heavy atom. The molecule has 2 aromatic rings. The maximum absolute atomic E-state index is 12.4. The summed E-state index contributed by atoms with van der Waals surface area (Å²) in [4.78, 5) is 24.8. The topological polar surface area (TPSA) is 76.7 Å². The molecule has 2 aliphatic rings. The minimum Gasteiger partial charge on any atom is -0.491 e. The van der Waals surface area contributed by atoms with Gasteiger partial charge in [0.25, 0.3) is 11.8 Å². The molecule has 4 rings (SSSR count). The summed E-state index contributed by atoms with van der Waals surface area (Å²) in [5, 5.41) is 5.82. The maximum atomic E-state index is 12.4. The molecule has 2 amide bonds. The van der Waals surface area contributed by atoms with Gasteiger partial charge < -0.3 is 20.1 Å². The van der Waals surface area contributed by atoms with E-state index in [1.54, 1.807) is 0 Å². The first-order valence-electron chi connectivity index (χ1n) is 10.6. The quantitative estimate of drug-likeness (QED) is 0.798. The molecule has 0 radical (unpaired) electrons. The van der Waals surface area contributed by atoms with Gasteiger partial charge in [0.15, 0.2) is 0 Å². The van der Waals surface area contributed by atoms with Crippen molar-refractivity contribution in [2.75, 3.05) is 26.3 Å². The minimum absolute atomic E-state index is 0.0806. The van der Waals surface area contributed by atoms with Crippen LogP contribution in [-0.2, 0) is 11.2 Å². The summed E-state index contributed by atoms with van der Waals surface area (Å²) >= 11 is 0. The Balaban J connectivity index is 1.47. The fourth-order valence-corrected chi connectivity index (χ4v) is 4.02. The summed E-state index contributed by atoms with van der Waals surface area (Å²) in [6.07, 6.45) is 2.88. The normalized spacial score (nSPS) is 18.2. The van der Waals surface area contributed by atoms with Crippen molar-refractivity contribution in [2.24, 2.45) is 0 Å². The van der Waals surface area contributed by atoms with Crippen molar-refractivity contribution < 1.29 is 19.1 Å². The average Bonchev–Trinajstić information content (AvgIpc) is 3.21. The number of hydrogen-bond donors (Lipinski definition) is 2. The molecule has 2 aromatic carbocycles. The third-order valence-electron chi connectivity index (χ3n) is 5.95. The highest BCUT2D eigenvalue weighted by Gasteiger charge is 2.22. The summed E-state index contributed by atoms with van der Waals surface area (Å²) in [7, 11) is 0. The van der Waals surface area contributed by atoms with Crippen LogP contribution in [0.5, 0.6) is 5.75 Å². The highest BCUT2D eigenvalue weighted by atomic mass is 16.5. The van der Waals surface area contributed by atoms with E-state index in [4.69, 9.17) is 9.47 Å². The van der Waals surface area contributed by atoms with Crippen molar-refractivity contribution in [1.29, 1.82) is 0 Å².